The fourth-order valence-corrected chi connectivity index (χ4v) is 7.87. The number of benzene rings is 6. The lowest BCUT2D eigenvalue weighted by Crippen LogP contribution is -2.00. The van der Waals surface area contributed by atoms with Gasteiger partial charge in [-0.3, -0.25) is 4.57 Å². The lowest BCUT2D eigenvalue weighted by molar-refractivity contribution is 1.08. The molecule has 48 heavy (non-hydrogen) atoms. The maximum Gasteiger partial charge on any atom is 0.138 e. The van der Waals surface area contributed by atoms with Crippen LogP contribution in [0, 0.1) is 5.41 Å². The van der Waals surface area contributed by atoms with Crippen molar-refractivity contribution in [2.45, 2.75) is 0 Å². The Morgan fingerprint density at radius 3 is 2.00 bits per heavy atom. The summed E-state index contributed by atoms with van der Waals surface area (Å²) in [5.74, 6) is 0.852. The molecule has 1 aliphatic carbocycles. The van der Waals surface area contributed by atoms with Gasteiger partial charge in [-0.2, -0.15) is 0 Å². The zero-order valence-corrected chi connectivity index (χ0v) is 26.0. The summed E-state index contributed by atoms with van der Waals surface area (Å²) < 4.78 is 4.64. The molecule has 0 fully saturated rings. The number of allylic oxidation sites excluding steroid dienone is 3. The third kappa shape index (κ3) is 3.60. The van der Waals surface area contributed by atoms with Gasteiger partial charge in [0, 0.05) is 50.0 Å². The first-order chi connectivity index (χ1) is 23.7. The number of para-hydroxylation sites is 3. The molecule has 3 heterocycles. The highest BCUT2D eigenvalue weighted by molar-refractivity contribution is 6.29. The molecule has 224 valence electrons. The Bertz CT molecular complexity index is 2860. The number of aromatic nitrogens is 3. The summed E-state index contributed by atoms with van der Waals surface area (Å²) in [6.45, 7) is 4.10. The Hall–Kier alpha value is -6.52. The van der Waals surface area contributed by atoms with Gasteiger partial charge in [0.05, 0.1) is 27.8 Å². The first kappa shape index (κ1) is 26.7. The van der Waals surface area contributed by atoms with E-state index in [1.807, 2.05) is 6.08 Å². The topological polar surface area (TPSA) is 46.6 Å². The molecule has 1 aliphatic rings. The van der Waals surface area contributed by atoms with Crippen molar-refractivity contribution in [2.75, 3.05) is 0 Å². The van der Waals surface area contributed by atoms with Crippen molar-refractivity contribution < 1.29 is 0 Å². The predicted molar refractivity (Wildman–Crippen MR) is 202 cm³/mol. The summed E-state index contributed by atoms with van der Waals surface area (Å²) in [5.41, 5.74) is 11.8. The van der Waals surface area contributed by atoms with E-state index < -0.39 is 0 Å². The summed E-state index contributed by atoms with van der Waals surface area (Å²) >= 11 is 0. The van der Waals surface area contributed by atoms with Crippen molar-refractivity contribution >= 4 is 71.7 Å². The van der Waals surface area contributed by atoms with E-state index in [-0.39, 0.29) is 0 Å². The van der Waals surface area contributed by atoms with Crippen LogP contribution in [0.15, 0.2) is 152 Å². The molecule has 6 aromatic carbocycles. The van der Waals surface area contributed by atoms with E-state index in [0.717, 1.165) is 61.3 Å². The van der Waals surface area contributed by atoms with Gasteiger partial charge in [-0.15, -0.1) is 0 Å². The highest BCUT2D eigenvalue weighted by Crippen LogP contribution is 2.43. The molecule has 9 aromatic rings. The lowest BCUT2D eigenvalue weighted by Gasteiger charge is -2.12. The Morgan fingerprint density at radius 2 is 1.21 bits per heavy atom. The van der Waals surface area contributed by atoms with Gasteiger partial charge in [0.2, 0.25) is 0 Å². The fourth-order valence-electron chi connectivity index (χ4n) is 7.87. The molecular weight excluding hydrogens is 585 g/mol. The third-order valence-electron chi connectivity index (χ3n) is 9.95. The molecule has 0 saturated heterocycles. The fraction of sp³-hybridized carbons (Fsp3) is 0. The van der Waals surface area contributed by atoms with Crippen LogP contribution in [0.25, 0.3) is 88.2 Å². The van der Waals surface area contributed by atoms with Crippen molar-refractivity contribution in [1.29, 1.82) is 5.41 Å². The lowest BCUT2D eigenvalue weighted by atomic mass is 10.0. The zero-order chi connectivity index (χ0) is 31.9. The molecule has 0 spiro atoms. The molecule has 3 aromatic heterocycles. The molecule has 4 nitrogen and oxygen atoms in total. The van der Waals surface area contributed by atoms with E-state index in [1.165, 1.54) is 44.4 Å². The van der Waals surface area contributed by atoms with Crippen molar-refractivity contribution in [3.63, 3.8) is 0 Å². The molecule has 0 aliphatic heterocycles. The summed E-state index contributed by atoms with van der Waals surface area (Å²) in [6, 6.07) is 49.9. The third-order valence-corrected chi connectivity index (χ3v) is 9.95. The molecule has 10 rings (SSSR count). The van der Waals surface area contributed by atoms with E-state index >= 15 is 0 Å². The quantitative estimate of drug-likeness (QED) is 0.193. The number of nitrogens with zero attached hydrogens (tertiary/aromatic N) is 3. The Labute approximate surface area is 276 Å². The van der Waals surface area contributed by atoms with Gasteiger partial charge in [0.25, 0.3) is 0 Å². The second-order valence-electron chi connectivity index (χ2n) is 12.4. The molecule has 0 saturated carbocycles. The van der Waals surface area contributed by atoms with Crippen molar-refractivity contribution in [3.05, 3.63) is 163 Å². The van der Waals surface area contributed by atoms with Crippen LogP contribution in [-0.4, -0.2) is 20.3 Å². The van der Waals surface area contributed by atoms with Gasteiger partial charge in [0.15, 0.2) is 0 Å². The van der Waals surface area contributed by atoms with Crippen molar-refractivity contribution in [3.8, 4) is 22.6 Å². The van der Waals surface area contributed by atoms with Crippen LogP contribution in [0.3, 0.4) is 0 Å². The smallest absolute Gasteiger partial charge is 0.138 e. The minimum absolute atomic E-state index is 0.852. The SMILES string of the molecule is C=CC1=C(C=N)c2cccc3cc(-n4c5ccccc5c5ccc(-c6ccc7c(c6)c6ccccc6n7-c6ccccc6)cc54)nc1c23. The number of rotatable bonds is 5. The van der Waals surface area contributed by atoms with E-state index in [1.54, 1.807) is 0 Å². The maximum absolute atomic E-state index is 8.16. The Morgan fingerprint density at radius 1 is 0.542 bits per heavy atom. The second kappa shape index (κ2) is 9.99. The van der Waals surface area contributed by atoms with Crippen LogP contribution in [0.2, 0.25) is 0 Å². The first-order valence-electron chi connectivity index (χ1n) is 16.2. The molecular formula is C44H28N4. The van der Waals surface area contributed by atoms with Gasteiger partial charge in [0.1, 0.15) is 5.82 Å². The van der Waals surface area contributed by atoms with Crippen LogP contribution < -0.4 is 0 Å². The van der Waals surface area contributed by atoms with Gasteiger partial charge in [-0.05, 0) is 70.6 Å². The van der Waals surface area contributed by atoms with Crippen LogP contribution in [0.5, 0.6) is 0 Å². The largest absolute Gasteiger partial charge is 0.309 e. The van der Waals surface area contributed by atoms with Crippen LogP contribution in [0.1, 0.15) is 11.3 Å². The minimum atomic E-state index is 0.852. The normalized spacial score (nSPS) is 12.7. The predicted octanol–water partition coefficient (Wildman–Crippen LogP) is 11.2. The van der Waals surface area contributed by atoms with Crippen LogP contribution >= 0.6 is 0 Å². The monoisotopic (exact) mass is 612 g/mol. The van der Waals surface area contributed by atoms with Crippen molar-refractivity contribution in [2.24, 2.45) is 0 Å². The van der Waals surface area contributed by atoms with Crippen LogP contribution in [-0.2, 0) is 0 Å². The molecule has 0 bridgehead atoms. The summed E-state index contributed by atoms with van der Waals surface area (Å²) in [4.78, 5) is 5.30. The number of nitrogens with one attached hydrogen (secondary N) is 1. The van der Waals surface area contributed by atoms with Gasteiger partial charge in [-0.25, -0.2) is 4.98 Å². The van der Waals surface area contributed by atoms with E-state index in [9.17, 15) is 0 Å². The van der Waals surface area contributed by atoms with E-state index in [2.05, 4.69) is 155 Å². The molecule has 0 unspecified atom stereocenters. The Balaban J connectivity index is 1.22. The Kier molecular flexibility index (Phi) is 5.55. The number of hydrogen-bond donors (Lipinski definition) is 1. The highest BCUT2D eigenvalue weighted by Gasteiger charge is 2.25. The molecule has 0 amide bonds. The second-order valence-corrected chi connectivity index (χ2v) is 12.4. The summed E-state index contributed by atoms with van der Waals surface area (Å²) in [7, 11) is 0. The highest BCUT2D eigenvalue weighted by atomic mass is 15.1. The molecule has 0 radical (unpaired) electrons. The number of fused-ring (bicyclic) bond motifs is 6. The van der Waals surface area contributed by atoms with Crippen LogP contribution in [0.4, 0.5) is 0 Å². The molecule has 1 N–H and O–H groups in total. The number of pyridine rings is 1. The van der Waals surface area contributed by atoms with Crippen molar-refractivity contribution in [1.82, 2.24) is 14.1 Å². The average molecular weight is 613 g/mol. The van der Waals surface area contributed by atoms with Gasteiger partial charge < -0.3 is 9.98 Å². The standard InChI is InChI=1S/C44H28N4/c1-2-31-37(26-45)35-16-10-11-29-25-42(46-44(31)43(29)35)48-39-18-9-6-14-32(39)34-21-19-28(24-41(34)48)27-20-22-40-36(23-27)33-15-7-8-17-38(33)47(40)30-12-4-3-5-13-30/h2-26,45H,1H2. The number of hydrogen-bond acceptors (Lipinski definition) is 2. The van der Waals surface area contributed by atoms with E-state index in [4.69, 9.17) is 10.4 Å². The zero-order valence-electron chi connectivity index (χ0n) is 26.0. The molecule has 0 atom stereocenters. The first-order valence-corrected chi connectivity index (χ1v) is 16.2. The minimum Gasteiger partial charge on any atom is -0.309 e. The average Bonchev–Trinajstić information content (AvgIpc) is 3.77. The van der Waals surface area contributed by atoms with Gasteiger partial charge in [-0.1, -0.05) is 104 Å². The van der Waals surface area contributed by atoms with E-state index in [0.29, 0.717) is 0 Å². The summed E-state index contributed by atoms with van der Waals surface area (Å²) in [6.07, 6.45) is 3.26. The summed E-state index contributed by atoms with van der Waals surface area (Å²) in [5, 5.41) is 15.2. The maximum atomic E-state index is 8.16. The molecule has 4 heteroatoms. The van der Waals surface area contributed by atoms with Gasteiger partial charge >= 0.3 is 0 Å².